The molecule has 0 bridgehead atoms. The molecule has 0 radical (unpaired) electrons. The summed E-state index contributed by atoms with van der Waals surface area (Å²) in [6.45, 7) is 2.17. The molecule has 7 aromatic carbocycles. The monoisotopic (exact) mass is 627 g/mol. The summed E-state index contributed by atoms with van der Waals surface area (Å²) in [5.41, 5.74) is 12.9. The van der Waals surface area contributed by atoms with E-state index in [9.17, 15) is 0 Å². The molecule has 232 valence electrons. The Labute approximate surface area is 285 Å². The Morgan fingerprint density at radius 1 is 0.490 bits per heavy atom. The number of fused-ring (bicyclic) bond motifs is 3. The number of hydrogen-bond donors (Lipinski definition) is 0. The first-order valence-corrected chi connectivity index (χ1v) is 16.9. The van der Waals surface area contributed by atoms with Crippen molar-refractivity contribution in [3.05, 3.63) is 176 Å². The Morgan fingerprint density at radius 2 is 1.08 bits per heavy atom. The Bertz CT molecular complexity index is 2580. The van der Waals surface area contributed by atoms with E-state index in [1.807, 2.05) is 18.5 Å². The SMILES string of the molecule is CCc1nc2ccccc2n1-c1ccccc1-c1ccc(-c2c3ccccc3c(-c3cccc(-c4cccnc4)c3)c3ccccc23)cc1. The highest BCUT2D eigenvalue weighted by atomic mass is 15.1. The summed E-state index contributed by atoms with van der Waals surface area (Å²) in [6, 6.07) is 56.8. The smallest absolute Gasteiger partial charge is 0.114 e. The number of aromatic nitrogens is 3. The molecule has 0 fully saturated rings. The number of rotatable bonds is 6. The van der Waals surface area contributed by atoms with E-state index in [1.165, 1.54) is 54.9 Å². The molecule has 0 saturated carbocycles. The zero-order chi connectivity index (χ0) is 32.7. The molecule has 9 rings (SSSR count). The number of nitrogens with zero attached hydrogens (tertiary/aromatic N) is 3. The lowest BCUT2D eigenvalue weighted by atomic mass is 9.85. The van der Waals surface area contributed by atoms with Gasteiger partial charge in [0.15, 0.2) is 0 Å². The Hall–Kier alpha value is -6.32. The second kappa shape index (κ2) is 12.0. The zero-order valence-electron chi connectivity index (χ0n) is 27.2. The normalized spacial score (nSPS) is 11.4. The minimum atomic E-state index is 0.853. The van der Waals surface area contributed by atoms with E-state index in [2.05, 4.69) is 168 Å². The van der Waals surface area contributed by atoms with Crippen molar-refractivity contribution >= 4 is 32.6 Å². The minimum Gasteiger partial charge on any atom is -0.296 e. The van der Waals surface area contributed by atoms with Crippen molar-refractivity contribution < 1.29 is 0 Å². The van der Waals surface area contributed by atoms with Crippen LogP contribution in [0.2, 0.25) is 0 Å². The lowest BCUT2D eigenvalue weighted by molar-refractivity contribution is 0.909. The van der Waals surface area contributed by atoms with Crippen LogP contribution in [0.25, 0.3) is 82.8 Å². The lowest BCUT2D eigenvalue weighted by Crippen LogP contribution is -2.02. The number of pyridine rings is 1. The third kappa shape index (κ3) is 4.90. The molecule has 9 aromatic rings. The second-order valence-electron chi connectivity index (χ2n) is 12.5. The molecule has 0 spiro atoms. The fraction of sp³-hybridized carbons (Fsp3) is 0.0435. The highest BCUT2D eigenvalue weighted by molar-refractivity contribution is 6.21. The average Bonchev–Trinajstić information content (AvgIpc) is 3.56. The summed E-state index contributed by atoms with van der Waals surface area (Å²) in [6.07, 6.45) is 4.61. The van der Waals surface area contributed by atoms with Crippen LogP contribution in [0.5, 0.6) is 0 Å². The van der Waals surface area contributed by atoms with Gasteiger partial charge in [-0.2, -0.15) is 0 Å². The molecule has 0 saturated heterocycles. The van der Waals surface area contributed by atoms with Gasteiger partial charge in [-0.15, -0.1) is 0 Å². The third-order valence-corrected chi connectivity index (χ3v) is 9.65. The van der Waals surface area contributed by atoms with Gasteiger partial charge >= 0.3 is 0 Å². The number of para-hydroxylation sites is 3. The van der Waals surface area contributed by atoms with Crippen LogP contribution in [-0.2, 0) is 6.42 Å². The van der Waals surface area contributed by atoms with Crippen molar-refractivity contribution in [1.29, 1.82) is 0 Å². The molecular formula is C46H33N3. The van der Waals surface area contributed by atoms with Gasteiger partial charge < -0.3 is 0 Å². The molecule has 0 aliphatic rings. The van der Waals surface area contributed by atoms with E-state index >= 15 is 0 Å². The molecule has 3 nitrogen and oxygen atoms in total. The quantitative estimate of drug-likeness (QED) is 0.172. The van der Waals surface area contributed by atoms with Crippen molar-refractivity contribution in [2.75, 3.05) is 0 Å². The molecule has 0 N–H and O–H groups in total. The maximum absolute atomic E-state index is 4.96. The van der Waals surface area contributed by atoms with E-state index in [4.69, 9.17) is 4.98 Å². The van der Waals surface area contributed by atoms with Crippen molar-refractivity contribution in [1.82, 2.24) is 14.5 Å². The van der Waals surface area contributed by atoms with Crippen LogP contribution in [0, 0.1) is 0 Å². The first-order valence-electron chi connectivity index (χ1n) is 16.9. The first kappa shape index (κ1) is 28.9. The predicted molar refractivity (Wildman–Crippen MR) is 205 cm³/mol. The lowest BCUT2D eigenvalue weighted by Gasteiger charge is -2.19. The standard InChI is InChI=1S/C46H33N3/c1-2-44-48-41-21-8-10-23-43(41)49(44)42-22-9-7-16-36(42)31-24-26-32(27-25-31)45-37-17-3-5-19-39(37)46(40-20-6-4-18-38(40)45)34-14-11-13-33(29-34)35-15-12-28-47-30-35/h3-30H,2H2,1H3. The molecule has 0 amide bonds. The minimum absolute atomic E-state index is 0.853. The molecular weight excluding hydrogens is 595 g/mol. The van der Waals surface area contributed by atoms with Crippen LogP contribution in [-0.4, -0.2) is 14.5 Å². The highest BCUT2D eigenvalue weighted by Crippen LogP contribution is 2.44. The van der Waals surface area contributed by atoms with Crippen molar-refractivity contribution in [3.8, 4) is 50.2 Å². The van der Waals surface area contributed by atoms with Gasteiger partial charge in [0, 0.05) is 29.9 Å². The maximum atomic E-state index is 4.96. The van der Waals surface area contributed by atoms with E-state index in [-0.39, 0.29) is 0 Å². The molecule has 49 heavy (non-hydrogen) atoms. The van der Waals surface area contributed by atoms with Gasteiger partial charge in [0.25, 0.3) is 0 Å². The van der Waals surface area contributed by atoms with Crippen molar-refractivity contribution in [3.63, 3.8) is 0 Å². The van der Waals surface area contributed by atoms with Crippen LogP contribution >= 0.6 is 0 Å². The molecule has 2 heterocycles. The van der Waals surface area contributed by atoms with E-state index < -0.39 is 0 Å². The van der Waals surface area contributed by atoms with Crippen LogP contribution in [0.4, 0.5) is 0 Å². The Morgan fingerprint density at radius 3 is 1.78 bits per heavy atom. The topological polar surface area (TPSA) is 30.7 Å². The van der Waals surface area contributed by atoms with Crippen molar-refractivity contribution in [2.45, 2.75) is 13.3 Å². The number of benzene rings is 7. The first-order chi connectivity index (χ1) is 24.3. The van der Waals surface area contributed by atoms with Gasteiger partial charge in [0.1, 0.15) is 5.82 Å². The molecule has 0 aliphatic heterocycles. The Kier molecular flexibility index (Phi) is 7.09. The predicted octanol–water partition coefficient (Wildman–Crippen LogP) is 12.0. The summed E-state index contributed by atoms with van der Waals surface area (Å²) >= 11 is 0. The fourth-order valence-corrected chi connectivity index (χ4v) is 7.45. The molecule has 0 unspecified atom stereocenters. The zero-order valence-corrected chi connectivity index (χ0v) is 27.2. The van der Waals surface area contributed by atoms with Gasteiger partial charge in [-0.25, -0.2) is 4.98 Å². The van der Waals surface area contributed by atoms with E-state index in [0.717, 1.165) is 40.1 Å². The number of hydrogen-bond acceptors (Lipinski definition) is 2. The highest BCUT2D eigenvalue weighted by Gasteiger charge is 2.18. The van der Waals surface area contributed by atoms with Crippen LogP contribution in [0.3, 0.4) is 0 Å². The molecule has 0 aliphatic carbocycles. The van der Waals surface area contributed by atoms with Gasteiger partial charge in [0.2, 0.25) is 0 Å². The molecule has 3 heteroatoms. The van der Waals surface area contributed by atoms with E-state index in [0.29, 0.717) is 0 Å². The van der Waals surface area contributed by atoms with Gasteiger partial charge in [-0.1, -0.05) is 134 Å². The Balaban J connectivity index is 1.20. The third-order valence-electron chi connectivity index (χ3n) is 9.65. The largest absolute Gasteiger partial charge is 0.296 e. The number of aryl methyl sites for hydroxylation is 1. The number of imidazole rings is 1. The summed E-state index contributed by atoms with van der Waals surface area (Å²) in [7, 11) is 0. The molecule has 0 atom stereocenters. The summed E-state index contributed by atoms with van der Waals surface area (Å²) in [5, 5.41) is 4.98. The van der Waals surface area contributed by atoms with Gasteiger partial charge in [-0.3, -0.25) is 9.55 Å². The average molecular weight is 628 g/mol. The summed E-state index contributed by atoms with van der Waals surface area (Å²) in [5.74, 6) is 1.06. The maximum Gasteiger partial charge on any atom is 0.114 e. The van der Waals surface area contributed by atoms with Crippen molar-refractivity contribution in [2.24, 2.45) is 0 Å². The van der Waals surface area contributed by atoms with Crippen LogP contribution in [0.15, 0.2) is 170 Å². The fourth-order valence-electron chi connectivity index (χ4n) is 7.45. The van der Waals surface area contributed by atoms with Gasteiger partial charge in [0.05, 0.1) is 16.7 Å². The summed E-state index contributed by atoms with van der Waals surface area (Å²) in [4.78, 5) is 9.33. The van der Waals surface area contributed by atoms with Crippen LogP contribution < -0.4 is 0 Å². The van der Waals surface area contributed by atoms with Gasteiger partial charge in [-0.05, 0) is 85.3 Å². The molecule has 2 aromatic heterocycles. The van der Waals surface area contributed by atoms with E-state index in [1.54, 1.807) is 0 Å². The second-order valence-corrected chi connectivity index (χ2v) is 12.5. The van der Waals surface area contributed by atoms with Crippen LogP contribution in [0.1, 0.15) is 12.7 Å². The summed E-state index contributed by atoms with van der Waals surface area (Å²) < 4.78 is 2.32.